The molecule has 0 spiro atoms. The summed E-state index contributed by atoms with van der Waals surface area (Å²) in [6.45, 7) is 0. The van der Waals surface area contributed by atoms with Crippen molar-refractivity contribution >= 4 is 102 Å². The Kier molecular flexibility index (Phi) is 7.14. The molecule has 4 aromatic carbocycles. The molecule has 9 nitrogen and oxygen atoms in total. The third kappa shape index (κ3) is 5.06. The monoisotopic (exact) mass is 594 g/mol. The molecule has 12 heteroatoms. The van der Waals surface area contributed by atoms with E-state index in [1.54, 1.807) is 18.2 Å². The summed E-state index contributed by atoms with van der Waals surface area (Å²) < 4.78 is 67.0. The Labute approximate surface area is 223 Å². The number of nitrogens with zero attached hydrogens (tertiary/aromatic N) is 2. The van der Waals surface area contributed by atoms with Crippen molar-refractivity contribution in [1.29, 1.82) is 0 Å². The normalized spacial score (nSPS) is 12.3. The van der Waals surface area contributed by atoms with Crippen molar-refractivity contribution in [2.45, 2.75) is 9.79 Å². The molecule has 0 aromatic heterocycles. The second-order valence-corrected chi connectivity index (χ2v) is 9.36. The molecule has 0 fully saturated rings. The zero-order chi connectivity index (χ0) is 22.4. The van der Waals surface area contributed by atoms with Crippen molar-refractivity contribution in [2.75, 3.05) is 0 Å². The van der Waals surface area contributed by atoms with Crippen molar-refractivity contribution in [1.82, 2.24) is 0 Å². The maximum Gasteiger partial charge on any atom is 2.00 e. The topological polar surface area (TPSA) is 159 Å². The van der Waals surface area contributed by atoms with Gasteiger partial charge in [0, 0.05) is 10.8 Å². The molecule has 0 amide bonds. The van der Waals surface area contributed by atoms with Gasteiger partial charge in [0.2, 0.25) is 0 Å². The fourth-order valence-corrected chi connectivity index (χ4v) is 4.51. The van der Waals surface area contributed by atoms with Gasteiger partial charge >= 0.3 is 48.9 Å². The van der Waals surface area contributed by atoms with Gasteiger partial charge in [-0.15, -0.1) is 0 Å². The van der Waals surface area contributed by atoms with Crippen LogP contribution in [0.5, 0.6) is 5.75 Å². The molecule has 0 bridgehead atoms. The number of hydrogen-bond donors (Lipinski definition) is 1. The van der Waals surface area contributed by atoms with E-state index in [9.17, 15) is 31.0 Å². The van der Waals surface area contributed by atoms with Gasteiger partial charge in [-0.1, -0.05) is 48.2 Å². The first-order valence-corrected chi connectivity index (χ1v) is 11.5. The standard InChI is InChI=1S/C20H14N2O7S2.Ba/c23-18-8-5-12-3-1-2-4-17(12)20(18)22-21-14-6-7-16-13(9-14)10-15(30(24,25)26)11-19(16)31(27,28)29;/h1-11,23H,(H,24,25,26)(H,27,28,29);/q;+2/p-2. The number of fused-ring (bicyclic) bond motifs is 2. The van der Waals surface area contributed by atoms with E-state index in [4.69, 9.17) is 0 Å². The Hall–Kier alpha value is -1.81. The van der Waals surface area contributed by atoms with Gasteiger partial charge in [0.05, 0.1) is 16.3 Å². The van der Waals surface area contributed by atoms with Crippen molar-refractivity contribution < 1.29 is 31.0 Å². The van der Waals surface area contributed by atoms with Crippen LogP contribution in [0.4, 0.5) is 11.4 Å². The quantitative estimate of drug-likeness (QED) is 0.216. The average molecular weight is 594 g/mol. The van der Waals surface area contributed by atoms with Crippen LogP contribution in [0.25, 0.3) is 21.5 Å². The summed E-state index contributed by atoms with van der Waals surface area (Å²) in [5.41, 5.74) is 0.272. The molecule has 0 unspecified atom stereocenters. The first-order chi connectivity index (χ1) is 14.5. The van der Waals surface area contributed by atoms with Crippen LogP contribution < -0.4 is 5.11 Å². The van der Waals surface area contributed by atoms with Crippen molar-refractivity contribution in [2.24, 2.45) is 10.2 Å². The van der Waals surface area contributed by atoms with Gasteiger partial charge in [-0.3, -0.25) is 4.55 Å². The van der Waals surface area contributed by atoms with Gasteiger partial charge in [-0.05, 0) is 35.0 Å². The largest absolute Gasteiger partial charge is 2.00 e. The molecule has 0 aliphatic rings. The van der Waals surface area contributed by atoms with Gasteiger partial charge in [-0.25, -0.2) is 8.42 Å². The van der Waals surface area contributed by atoms with Crippen LogP contribution >= 0.6 is 0 Å². The Morgan fingerprint density at radius 1 is 0.781 bits per heavy atom. The Balaban J connectivity index is 0.00000289. The fourth-order valence-electron chi connectivity index (χ4n) is 3.16. The number of benzene rings is 4. The molecule has 0 heterocycles. The molecule has 4 aromatic rings. The minimum Gasteiger partial charge on any atom is -0.871 e. The van der Waals surface area contributed by atoms with E-state index in [0.717, 1.165) is 11.5 Å². The maximum absolute atomic E-state index is 12.2. The minimum atomic E-state index is -5.00. The average Bonchev–Trinajstić information content (AvgIpc) is 2.70. The zero-order valence-electron chi connectivity index (χ0n) is 16.2. The molecule has 32 heavy (non-hydrogen) atoms. The van der Waals surface area contributed by atoms with Crippen LogP contribution in [0.15, 0.2) is 86.7 Å². The summed E-state index contributed by atoms with van der Waals surface area (Å²) >= 11 is 0. The van der Waals surface area contributed by atoms with Gasteiger partial charge in [-0.2, -0.15) is 18.6 Å². The molecule has 158 valence electrons. The molecule has 1 N–H and O–H groups in total. The first-order valence-electron chi connectivity index (χ1n) is 8.66. The third-order valence-corrected chi connectivity index (χ3v) is 6.27. The minimum absolute atomic E-state index is 0. The molecule has 0 saturated heterocycles. The number of hydrogen-bond acceptors (Lipinski definition) is 8. The van der Waals surface area contributed by atoms with Crippen molar-refractivity contribution in [3.8, 4) is 5.75 Å². The summed E-state index contributed by atoms with van der Waals surface area (Å²) in [5, 5.41) is 21.7. The summed E-state index contributed by atoms with van der Waals surface area (Å²) in [6, 6.07) is 15.6. The summed E-state index contributed by atoms with van der Waals surface area (Å²) in [5.74, 6) is -0.350. The van der Waals surface area contributed by atoms with Gasteiger partial charge in [0.1, 0.15) is 15.0 Å². The summed E-state index contributed by atoms with van der Waals surface area (Å²) in [4.78, 5) is -1.54. The van der Waals surface area contributed by atoms with E-state index in [-0.39, 0.29) is 76.8 Å². The fraction of sp³-hybridized carbons (Fsp3) is 0. The van der Waals surface area contributed by atoms with E-state index in [1.165, 1.54) is 24.3 Å². The molecule has 0 aliphatic heterocycles. The van der Waals surface area contributed by atoms with Crippen molar-refractivity contribution in [3.05, 3.63) is 66.7 Å². The molecule has 0 radical (unpaired) electrons. The van der Waals surface area contributed by atoms with Gasteiger partial charge in [0.25, 0.3) is 10.1 Å². The predicted molar refractivity (Wildman–Crippen MR) is 115 cm³/mol. The summed E-state index contributed by atoms with van der Waals surface area (Å²) in [6.07, 6.45) is 0. The van der Waals surface area contributed by atoms with Crippen LogP contribution in [-0.4, -0.2) is 74.8 Å². The van der Waals surface area contributed by atoms with E-state index >= 15 is 0 Å². The first kappa shape index (κ1) is 24.8. The molecular formula is C20H12BaN2O7S2. The molecule has 4 rings (SSSR count). The number of rotatable bonds is 4. The van der Waals surface area contributed by atoms with E-state index in [2.05, 4.69) is 10.2 Å². The Morgan fingerprint density at radius 2 is 1.50 bits per heavy atom. The Bertz CT molecular complexity index is 1600. The second kappa shape index (κ2) is 9.21. The number of azo groups is 1. The van der Waals surface area contributed by atoms with Crippen LogP contribution in [-0.2, 0) is 20.2 Å². The van der Waals surface area contributed by atoms with Crippen LogP contribution in [0.1, 0.15) is 0 Å². The third-order valence-electron chi connectivity index (χ3n) is 4.57. The second-order valence-electron chi connectivity index (χ2n) is 6.59. The predicted octanol–water partition coefficient (Wildman–Crippen LogP) is 3.25. The van der Waals surface area contributed by atoms with Gasteiger partial charge in [0.15, 0.2) is 0 Å². The van der Waals surface area contributed by atoms with Crippen LogP contribution in [0.2, 0.25) is 0 Å². The van der Waals surface area contributed by atoms with Gasteiger partial charge < -0.3 is 9.66 Å². The van der Waals surface area contributed by atoms with Crippen molar-refractivity contribution in [3.63, 3.8) is 0 Å². The van der Waals surface area contributed by atoms with E-state index < -0.39 is 30.0 Å². The SMILES string of the molecule is O=S(=O)([O-])c1cc(S(=O)(=O)O)c2ccc(N=Nc3c([O-])ccc4ccccc34)cc2c1.[Ba+2]. The molecular weight excluding hydrogens is 582 g/mol. The van der Waals surface area contributed by atoms with Crippen LogP contribution in [0, 0.1) is 0 Å². The van der Waals surface area contributed by atoms with Crippen LogP contribution in [0.3, 0.4) is 0 Å². The Morgan fingerprint density at radius 3 is 2.19 bits per heavy atom. The zero-order valence-corrected chi connectivity index (χ0v) is 22.2. The van der Waals surface area contributed by atoms with E-state index in [1.807, 2.05) is 12.1 Å². The smallest absolute Gasteiger partial charge is 0.871 e. The molecule has 0 saturated carbocycles. The molecule has 0 aliphatic carbocycles. The molecule has 0 atom stereocenters. The summed E-state index contributed by atoms with van der Waals surface area (Å²) in [7, 11) is -9.81. The van der Waals surface area contributed by atoms with E-state index in [0.29, 0.717) is 11.5 Å². The maximum atomic E-state index is 12.2.